The van der Waals surface area contributed by atoms with Gasteiger partial charge in [0.2, 0.25) is 0 Å². The lowest BCUT2D eigenvalue weighted by Gasteiger charge is -2.26. The van der Waals surface area contributed by atoms with Crippen molar-refractivity contribution in [3.05, 3.63) is 48.5 Å². The van der Waals surface area contributed by atoms with Crippen LogP contribution in [0.2, 0.25) is 0 Å². The maximum atomic E-state index is 12.7. The molecule has 12 nitrogen and oxygen atoms in total. The number of carbonyl (C=O) groups excluding carboxylic acids is 2. The first-order valence-electron chi connectivity index (χ1n) is 14.8. The van der Waals surface area contributed by atoms with Gasteiger partial charge in [0.05, 0.1) is 60.6 Å². The third-order valence-corrected chi connectivity index (χ3v) is 11.0. The quantitative estimate of drug-likeness (QED) is 0.205. The molecule has 14 heteroatoms. The Kier molecular flexibility index (Phi) is 12.7. The van der Waals surface area contributed by atoms with Gasteiger partial charge in [-0.2, -0.15) is 0 Å². The van der Waals surface area contributed by atoms with Crippen LogP contribution < -0.4 is 9.47 Å². The summed E-state index contributed by atoms with van der Waals surface area (Å²) in [7, 11) is -6.95. The highest BCUT2D eigenvalue weighted by Gasteiger charge is 2.19. The summed E-state index contributed by atoms with van der Waals surface area (Å²) >= 11 is 0. The maximum absolute atomic E-state index is 12.7. The number of hydrogen-bond donors (Lipinski definition) is 0. The molecular formula is C30H40N2O10S2. The molecular weight excluding hydrogens is 612 g/mol. The van der Waals surface area contributed by atoms with Crippen molar-refractivity contribution in [2.75, 3.05) is 77.2 Å². The molecule has 2 aliphatic heterocycles. The number of carbonyl (C=O) groups is 2. The first-order valence-corrected chi connectivity index (χ1v) is 18.1. The van der Waals surface area contributed by atoms with Crippen LogP contribution in [-0.4, -0.2) is 116 Å². The number of sulfone groups is 2. The highest BCUT2D eigenvalue weighted by atomic mass is 32.2. The van der Waals surface area contributed by atoms with Crippen LogP contribution in [0.25, 0.3) is 0 Å². The molecule has 0 bridgehead atoms. The van der Waals surface area contributed by atoms with E-state index >= 15 is 0 Å². The van der Waals surface area contributed by atoms with Crippen molar-refractivity contribution in [3.8, 4) is 11.5 Å². The number of ether oxygens (including phenoxy) is 4. The molecule has 4 rings (SSSR count). The van der Waals surface area contributed by atoms with Crippen molar-refractivity contribution in [1.82, 2.24) is 9.80 Å². The topological polar surface area (TPSA) is 146 Å². The van der Waals surface area contributed by atoms with Gasteiger partial charge in [0.1, 0.15) is 11.5 Å². The minimum Gasteiger partial charge on any atom is -0.427 e. The molecule has 2 saturated heterocycles. The Bertz CT molecular complexity index is 1320. The lowest BCUT2D eigenvalue weighted by atomic mass is 10.3. The zero-order valence-corrected chi connectivity index (χ0v) is 26.4. The predicted molar refractivity (Wildman–Crippen MR) is 161 cm³/mol. The molecule has 2 aromatic carbocycles. The van der Waals surface area contributed by atoms with Gasteiger partial charge in [-0.05, 0) is 74.5 Å². The molecule has 0 amide bonds. The molecule has 0 spiro atoms. The summed E-state index contributed by atoms with van der Waals surface area (Å²) in [4.78, 5) is 29.1. The van der Waals surface area contributed by atoms with E-state index in [0.717, 1.165) is 26.2 Å². The standard InChI is InChI=1S/C30H40N2O10S2/c33-29(41-25-3-7-27(8-4-25)43(35,36)23-1-13-31-15-19-39-20-16-31)11-12-30(34)42-26-5-9-28(10-6-26)44(37,38)24-2-14-32-17-21-40-22-18-32/h3-10H,1-2,11-24H2. The van der Waals surface area contributed by atoms with E-state index in [-0.39, 0.29) is 45.6 Å². The van der Waals surface area contributed by atoms with Gasteiger partial charge >= 0.3 is 11.9 Å². The average Bonchev–Trinajstić information content (AvgIpc) is 3.01. The third-order valence-electron chi connectivity index (χ3n) is 7.34. The first kappa shape index (κ1) is 34.0. The normalized spacial score (nSPS) is 16.8. The van der Waals surface area contributed by atoms with Crippen LogP contribution in [0.1, 0.15) is 25.7 Å². The highest BCUT2D eigenvalue weighted by molar-refractivity contribution is 7.91. The third kappa shape index (κ3) is 10.9. The largest absolute Gasteiger partial charge is 0.427 e. The van der Waals surface area contributed by atoms with Crippen LogP contribution in [0.15, 0.2) is 58.3 Å². The van der Waals surface area contributed by atoms with Crippen molar-refractivity contribution >= 4 is 31.6 Å². The molecule has 2 heterocycles. The Morgan fingerprint density at radius 3 is 1.27 bits per heavy atom. The predicted octanol–water partition coefficient (Wildman–Crippen LogP) is 1.97. The molecule has 0 unspecified atom stereocenters. The summed E-state index contributed by atoms with van der Waals surface area (Å²) in [5, 5.41) is 0. The van der Waals surface area contributed by atoms with Gasteiger partial charge in [0.25, 0.3) is 0 Å². The average molecular weight is 653 g/mol. The van der Waals surface area contributed by atoms with Gasteiger partial charge in [0.15, 0.2) is 19.7 Å². The van der Waals surface area contributed by atoms with Crippen LogP contribution >= 0.6 is 0 Å². The lowest BCUT2D eigenvalue weighted by Crippen LogP contribution is -2.37. The molecule has 44 heavy (non-hydrogen) atoms. The molecule has 2 aromatic rings. The van der Waals surface area contributed by atoms with Gasteiger partial charge in [0, 0.05) is 26.2 Å². The monoisotopic (exact) mass is 652 g/mol. The second-order valence-corrected chi connectivity index (χ2v) is 14.9. The van der Waals surface area contributed by atoms with Crippen molar-refractivity contribution in [3.63, 3.8) is 0 Å². The minimum absolute atomic E-state index is 0.0134. The summed E-state index contributed by atoms with van der Waals surface area (Å²) in [6.07, 6.45) is 0.508. The van der Waals surface area contributed by atoms with Crippen molar-refractivity contribution in [2.45, 2.75) is 35.5 Å². The Morgan fingerprint density at radius 2 is 0.932 bits per heavy atom. The fourth-order valence-corrected chi connectivity index (χ4v) is 7.43. The second kappa shape index (κ2) is 16.4. The summed E-state index contributed by atoms with van der Waals surface area (Å²) < 4.78 is 71.7. The molecule has 2 fully saturated rings. The molecule has 0 aromatic heterocycles. The van der Waals surface area contributed by atoms with E-state index in [0.29, 0.717) is 52.4 Å². The fraction of sp³-hybridized carbons (Fsp3) is 0.533. The van der Waals surface area contributed by atoms with Gasteiger partial charge in [-0.3, -0.25) is 19.4 Å². The van der Waals surface area contributed by atoms with Crippen LogP contribution in [0.4, 0.5) is 0 Å². The fourth-order valence-electron chi connectivity index (χ4n) is 4.84. The number of benzene rings is 2. The zero-order chi connectivity index (χ0) is 31.4. The van der Waals surface area contributed by atoms with Crippen LogP contribution in [0.3, 0.4) is 0 Å². The Labute approximate surface area is 259 Å². The number of esters is 2. The van der Waals surface area contributed by atoms with E-state index in [4.69, 9.17) is 18.9 Å². The Morgan fingerprint density at radius 1 is 0.591 bits per heavy atom. The molecule has 0 aliphatic carbocycles. The number of rotatable bonds is 15. The van der Waals surface area contributed by atoms with Crippen molar-refractivity contribution in [1.29, 1.82) is 0 Å². The van der Waals surface area contributed by atoms with Crippen molar-refractivity contribution in [2.24, 2.45) is 0 Å². The molecule has 0 atom stereocenters. The van der Waals surface area contributed by atoms with Crippen molar-refractivity contribution < 1.29 is 45.4 Å². The van der Waals surface area contributed by atoms with E-state index in [1.54, 1.807) is 0 Å². The van der Waals surface area contributed by atoms with E-state index in [2.05, 4.69) is 9.80 Å². The smallest absolute Gasteiger partial charge is 0.311 e. The van der Waals surface area contributed by atoms with E-state index in [9.17, 15) is 26.4 Å². The van der Waals surface area contributed by atoms with Gasteiger partial charge < -0.3 is 18.9 Å². The second-order valence-electron chi connectivity index (χ2n) is 10.6. The Balaban J connectivity index is 1.15. The van der Waals surface area contributed by atoms with E-state index < -0.39 is 31.6 Å². The SMILES string of the molecule is O=C(CCC(=O)Oc1ccc(S(=O)(=O)CCCN2CCOCC2)cc1)Oc1ccc(S(=O)(=O)CCCN2CCOCC2)cc1. The molecule has 0 saturated carbocycles. The number of nitrogens with zero attached hydrogens (tertiary/aromatic N) is 2. The molecule has 0 N–H and O–H groups in total. The lowest BCUT2D eigenvalue weighted by molar-refractivity contribution is -0.140. The zero-order valence-electron chi connectivity index (χ0n) is 24.7. The first-order chi connectivity index (χ1) is 21.1. The number of hydrogen-bond acceptors (Lipinski definition) is 12. The van der Waals surface area contributed by atoms with Crippen LogP contribution in [0.5, 0.6) is 11.5 Å². The van der Waals surface area contributed by atoms with Gasteiger partial charge in [-0.15, -0.1) is 0 Å². The van der Waals surface area contributed by atoms with Gasteiger partial charge in [-0.1, -0.05) is 0 Å². The van der Waals surface area contributed by atoms with Gasteiger partial charge in [-0.25, -0.2) is 16.8 Å². The summed E-state index contributed by atoms with van der Waals surface area (Å²) in [5.74, 6) is -1.00. The highest BCUT2D eigenvalue weighted by Crippen LogP contribution is 2.20. The Hall–Kier alpha value is -2.88. The summed E-state index contributed by atoms with van der Waals surface area (Å²) in [6, 6.07) is 11.2. The number of morpholine rings is 2. The molecule has 0 radical (unpaired) electrons. The van der Waals surface area contributed by atoms with E-state index in [1.807, 2.05) is 0 Å². The van der Waals surface area contributed by atoms with Crippen LogP contribution in [0, 0.1) is 0 Å². The minimum atomic E-state index is -3.48. The summed E-state index contributed by atoms with van der Waals surface area (Å²) in [5.41, 5.74) is 0. The summed E-state index contributed by atoms with van der Waals surface area (Å²) in [6.45, 7) is 7.21. The van der Waals surface area contributed by atoms with Crippen LogP contribution in [-0.2, 0) is 38.7 Å². The molecule has 242 valence electrons. The molecule has 2 aliphatic rings. The maximum Gasteiger partial charge on any atom is 0.311 e. The van der Waals surface area contributed by atoms with E-state index in [1.165, 1.54) is 48.5 Å².